The molecule has 0 amide bonds. The van der Waals surface area contributed by atoms with Crippen LogP contribution >= 0.6 is 39.9 Å². The van der Waals surface area contributed by atoms with Crippen LogP contribution in [0.25, 0.3) is 0 Å². The highest BCUT2D eigenvalue weighted by atomic mass is 79.9. The molecule has 1 saturated heterocycles. The first-order valence-electron chi connectivity index (χ1n) is 6.65. The van der Waals surface area contributed by atoms with Crippen LogP contribution in [-0.2, 0) is 10.0 Å². The number of hydrogen-bond donors (Lipinski definition) is 1. The van der Waals surface area contributed by atoms with E-state index in [1.165, 1.54) is 0 Å². The average molecular weight is 418 g/mol. The molecule has 1 heterocycles. The maximum absolute atomic E-state index is 12.9. The largest absolute Gasteiger partial charge is 0.315 e. The van der Waals surface area contributed by atoms with Crippen LogP contribution in [0.1, 0.15) is 19.8 Å². The number of sulfonamides is 1. The summed E-state index contributed by atoms with van der Waals surface area (Å²) in [5, 5.41) is 3.63. The van der Waals surface area contributed by atoms with Crippen LogP contribution in [0, 0.1) is 0 Å². The van der Waals surface area contributed by atoms with Gasteiger partial charge >= 0.3 is 0 Å². The second-order valence-electron chi connectivity index (χ2n) is 4.81. The zero-order chi connectivity index (χ0) is 14.8. The Morgan fingerprint density at radius 1 is 1.48 bits per heavy atom. The highest BCUT2D eigenvalue weighted by molar-refractivity contribution is 9.10. The summed E-state index contributed by atoms with van der Waals surface area (Å²) < 4.78 is 27.8. The molecule has 2 rings (SSSR count). The number of halogens is 3. The molecule has 0 aliphatic carbocycles. The minimum Gasteiger partial charge on any atom is -0.315 e. The predicted molar refractivity (Wildman–Crippen MR) is 91.9 cm³/mol. The third-order valence-electron chi connectivity index (χ3n) is 3.39. The Bertz CT molecular complexity index is 578. The van der Waals surface area contributed by atoms with Gasteiger partial charge in [0.25, 0.3) is 0 Å². The summed E-state index contributed by atoms with van der Waals surface area (Å²) in [5.74, 6) is 0. The Balaban J connectivity index is 0.00000220. The van der Waals surface area contributed by atoms with Crippen LogP contribution in [0.2, 0.25) is 5.02 Å². The fraction of sp³-hybridized carbons (Fsp3) is 0.538. The van der Waals surface area contributed by atoms with Gasteiger partial charge in [-0.05, 0) is 47.4 Å². The normalized spacial score (nSPS) is 18.8. The number of benzene rings is 1. The molecular formula is C13H19BrCl2N2O2S. The SMILES string of the molecule is CCCN(C1CCNC1)S(=O)(=O)c1cccc(Cl)c1Br.Cl. The molecule has 1 aliphatic heterocycles. The van der Waals surface area contributed by atoms with Gasteiger partial charge < -0.3 is 5.32 Å². The lowest BCUT2D eigenvalue weighted by molar-refractivity contribution is 0.335. The maximum Gasteiger partial charge on any atom is 0.244 e. The van der Waals surface area contributed by atoms with Gasteiger partial charge in [-0.2, -0.15) is 4.31 Å². The molecule has 1 atom stereocenters. The van der Waals surface area contributed by atoms with Gasteiger partial charge in [0, 0.05) is 19.1 Å². The van der Waals surface area contributed by atoms with E-state index in [0.29, 0.717) is 22.6 Å². The monoisotopic (exact) mass is 416 g/mol. The van der Waals surface area contributed by atoms with E-state index in [1.54, 1.807) is 22.5 Å². The van der Waals surface area contributed by atoms with Crippen molar-refractivity contribution in [2.75, 3.05) is 19.6 Å². The molecule has 0 bridgehead atoms. The summed E-state index contributed by atoms with van der Waals surface area (Å²) in [5.41, 5.74) is 0. The van der Waals surface area contributed by atoms with Crippen LogP contribution in [0.15, 0.2) is 27.6 Å². The molecule has 1 N–H and O–H groups in total. The van der Waals surface area contributed by atoms with Crippen LogP contribution in [-0.4, -0.2) is 38.4 Å². The number of nitrogens with zero attached hydrogens (tertiary/aromatic N) is 1. The number of hydrogen-bond acceptors (Lipinski definition) is 3. The highest BCUT2D eigenvalue weighted by Gasteiger charge is 2.33. The molecule has 0 saturated carbocycles. The van der Waals surface area contributed by atoms with Gasteiger partial charge in [0.05, 0.1) is 14.4 Å². The first kappa shape index (κ1) is 19.2. The van der Waals surface area contributed by atoms with Gasteiger partial charge in [0.15, 0.2) is 0 Å². The Kier molecular flexibility index (Phi) is 7.43. The van der Waals surface area contributed by atoms with Crippen LogP contribution < -0.4 is 5.32 Å². The molecular weight excluding hydrogens is 399 g/mol. The minimum atomic E-state index is -3.54. The van der Waals surface area contributed by atoms with E-state index in [2.05, 4.69) is 21.2 Å². The summed E-state index contributed by atoms with van der Waals surface area (Å²) in [4.78, 5) is 0.241. The molecule has 120 valence electrons. The number of rotatable bonds is 5. The van der Waals surface area contributed by atoms with Crippen molar-refractivity contribution in [1.82, 2.24) is 9.62 Å². The molecule has 0 radical (unpaired) electrons. The van der Waals surface area contributed by atoms with E-state index in [-0.39, 0.29) is 23.3 Å². The maximum atomic E-state index is 12.9. The van der Waals surface area contributed by atoms with E-state index in [4.69, 9.17) is 11.6 Å². The van der Waals surface area contributed by atoms with Crippen LogP contribution in [0.5, 0.6) is 0 Å². The molecule has 1 fully saturated rings. The first-order valence-corrected chi connectivity index (χ1v) is 9.26. The van der Waals surface area contributed by atoms with E-state index < -0.39 is 10.0 Å². The third-order valence-corrected chi connectivity index (χ3v) is 7.04. The van der Waals surface area contributed by atoms with E-state index >= 15 is 0 Å². The molecule has 8 heteroatoms. The minimum absolute atomic E-state index is 0. The van der Waals surface area contributed by atoms with Crippen LogP contribution in [0.4, 0.5) is 0 Å². The first-order chi connectivity index (χ1) is 9.48. The lowest BCUT2D eigenvalue weighted by Crippen LogP contribution is -2.42. The predicted octanol–water partition coefficient (Wildman–Crippen LogP) is 3.29. The summed E-state index contributed by atoms with van der Waals surface area (Å²) in [6, 6.07) is 4.95. The van der Waals surface area contributed by atoms with Gasteiger partial charge in [-0.25, -0.2) is 8.42 Å². The van der Waals surface area contributed by atoms with E-state index in [0.717, 1.165) is 19.4 Å². The molecule has 1 unspecified atom stereocenters. The molecule has 0 spiro atoms. The molecule has 21 heavy (non-hydrogen) atoms. The smallest absolute Gasteiger partial charge is 0.244 e. The molecule has 1 aromatic carbocycles. The van der Waals surface area contributed by atoms with Gasteiger partial charge in [0.2, 0.25) is 10.0 Å². The molecule has 4 nitrogen and oxygen atoms in total. The lowest BCUT2D eigenvalue weighted by atomic mass is 10.2. The van der Waals surface area contributed by atoms with Gasteiger partial charge in [-0.1, -0.05) is 24.6 Å². The summed E-state index contributed by atoms with van der Waals surface area (Å²) in [6.07, 6.45) is 1.63. The number of nitrogens with one attached hydrogen (secondary N) is 1. The second-order valence-corrected chi connectivity index (χ2v) is 7.87. The molecule has 0 aromatic heterocycles. The molecule has 1 aromatic rings. The highest BCUT2D eigenvalue weighted by Crippen LogP contribution is 2.32. The Morgan fingerprint density at radius 2 is 2.19 bits per heavy atom. The summed E-state index contributed by atoms with van der Waals surface area (Å²) >= 11 is 9.31. The van der Waals surface area contributed by atoms with Crippen molar-refractivity contribution in [3.8, 4) is 0 Å². The fourth-order valence-electron chi connectivity index (χ4n) is 2.41. The Labute approximate surface area is 145 Å². The van der Waals surface area contributed by atoms with Crippen molar-refractivity contribution in [3.05, 3.63) is 27.7 Å². The van der Waals surface area contributed by atoms with E-state index in [1.807, 2.05) is 6.92 Å². The average Bonchev–Trinajstić information content (AvgIpc) is 2.92. The third kappa shape index (κ3) is 4.12. The Hall–Kier alpha value is 0.150. The summed E-state index contributed by atoms with van der Waals surface area (Å²) in [7, 11) is -3.54. The lowest BCUT2D eigenvalue weighted by Gasteiger charge is -2.27. The van der Waals surface area contributed by atoms with Crippen molar-refractivity contribution in [2.24, 2.45) is 0 Å². The quantitative estimate of drug-likeness (QED) is 0.799. The van der Waals surface area contributed by atoms with Gasteiger partial charge in [-0.3, -0.25) is 0 Å². The second kappa shape index (κ2) is 8.13. The van der Waals surface area contributed by atoms with Crippen molar-refractivity contribution >= 4 is 50.0 Å². The van der Waals surface area contributed by atoms with Gasteiger partial charge in [-0.15, -0.1) is 12.4 Å². The zero-order valence-corrected chi connectivity index (χ0v) is 15.7. The van der Waals surface area contributed by atoms with Crippen molar-refractivity contribution < 1.29 is 8.42 Å². The van der Waals surface area contributed by atoms with Crippen molar-refractivity contribution in [3.63, 3.8) is 0 Å². The van der Waals surface area contributed by atoms with Crippen molar-refractivity contribution in [1.29, 1.82) is 0 Å². The summed E-state index contributed by atoms with van der Waals surface area (Å²) in [6.45, 7) is 4.07. The topological polar surface area (TPSA) is 49.4 Å². The van der Waals surface area contributed by atoms with Crippen LogP contribution in [0.3, 0.4) is 0 Å². The van der Waals surface area contributed by atoms with E-state index in [9.17, 15) is 8.42 Å². The van der Waals surface area contributed by atoms with Gasteiger partial charge in [0.1, 0.15) is 0 Å². The van der Waals surface area contributed by atoms with Crippen molar-refractivity contribution in [2.45, 2.75) is 30.7 Å². The zero-order valence-electron chi connectivity index (χ0n) is 11.7. The molecule has 1 aliphatic rings. The Morgan fingerprint density at radius 3 is 2.76 bits per heavy atom. The standard InChI is InChI=1S/C13H18BrClN2O2S.ClH/c1-2-8-17(10-6-7-16-9-10)20(18,19)12-5-3-4-11(15)13(12)14;/h3-5,10,16H,2,6-9H2,1H3;1H. The fourth-order valence-corrected chi connectivity index (χ4v) is 5.36.